The van der Waals surface area contributed by atoms with Gasteiger partial charge in [-0.05, 0) is 31.9 Å². The Kier molecular flexibility index (Phi) is 6.40. The van der Waals surface area contributed by atoms with E-state index in [0.717, 1.165) is 12.8 Å². The molecule has 0 heterocycles. The molecule has 0 aromatic carbocycles. The summed E-state index contributed by atoms with van der Waals surface area (Å²) in [5.41, 5.74) is 0. The van der Waals surface area contributed by atoms with Crippen LogP contribution in [0.1, 0.15) is 44.9 Å². The Balaban J connectivity index is 2.19. The Bertz CT molecular complexity index is 270. The first-order valence-electron chi connectivity index (χ1n) is 6.15. The van der Waals surface area contributed by atoms with E-state index < -0.39 is 5.97 Å². The average Bonchev–Trinajstić information content (AvgIpc) is 2.28. The van der Waals surface area contributed by atoms with E-state index >= 15 is 0 Å². The molecule has 1 amide bonds. The summed E-state index contributed by atoms with van der Waals surface area (Å²) in [6, 6.07) is 0.290. The van der Waals surface area contributed by atoms with Crippen molar-refractivity contribution in [2.75, 3.05) is 6.26 Å². The Morgan fingerprint density at radius 1 is 1.35 bits per heavy atom. The molecule has 0 aliphatic heterocycles. The standard InChI is InChI=1S/C12H21NO3S/c1-17-10-5-2-4-9(8-10)13-11(14)6-3-7-12(15)16/h9-10H,2-8H2,1H3,(H,13,14)(H,15,16). The molecule has 0 aromatic rings. The summed E-state index contributed by atoms with van der Waals surface area (Å²) in [5.74, 6) is -0.837. The van der Waals surface area contributed by atoms with Crippen molar-refractivity contribution in [3.63, 3.8) is 0 Å². The Morgan fingerprint density at radius 3 is 2.76 bits per heavy atom. The second kappa shape index (κ2) is 7.58. The second-order valence-electron chi connectivity index (χ2n) is 4.54. The Morgan fingerprint density at radius 2 is 2.12 bits per heavy atom. The lowest BCUT2D eigenvalue weighted by Crippen LogP contribution is -2.39. The third-order valence-electron chi connectivity index (χ3n) is 3.12. The summed E-state index contributed by atoms with van der Waals surface area (Å²) in [5, 5.41) is 12.2. The third-order valence-corrected chi connectivity index (χ3v) is 4.21. The number of carboxylic acid groups (broad SMARTS) is 1. The second-order valence-corrected chi connectivity index (χ2v) is 5.67. The number of rotatable bonds is 6. The van der Waals surface area contributed by atoms with Crippen molar-refractivity contribution in [1.82, 2.24) is 5.32 Å². The maximum Gasteiger partial charge on any atom is 0.303 e. The van der Waals surface area contributed by atoms with E-state index in [2.05, 4.69) is 11.6 Å². The topological polar surface area (TPSA) is 66.4 Å². The number of aliphatic carboxylic acids is 1. The number of nitrogens with one attached hydrogen (secondary N) is 1. The van der Waals surface area contributed by atoms with Gasteiger partial charge in [0.25, 0.3) is 0 Å². The molecule has 0 radical (unpaired) electrons. The molecule has 5 heteroatoms. The fraction of sp³-hybridized carbons (Fsp3) is 0.833. The molecule has 17 heavy (non-hydrogen) atoms. The molecular weight excluding hydrogens is 238 g/mol. The molecule has 1 aliphatic carbocycles. The van der Waals surface area contributed by atoms with Gasteiger partial charge in [0.1, 0.15) is 0 Å². The first-order chi connectivity index (χ1) is 8.11. The van der Waals surface area contributed by atoms with Crippen LogP contribution in [0.25, 0.3) is 0 Å². The predicted octanol–water partition coefficient (Wildman–Crippen LogP) is 2.03. The van der Waals surface area contributed by atoms with Gasteiger partial charge in [-0.15, -0.1) is 0 Å². The van der Waals surface area contributed by atoms with Crippen molar-refractivity contribution >= 4 is 23.6 Å². The molecule has 0 spiro atoms. The van der Waals surface area contributed by atoms with Gasteiger partial charge >= 0.3 is 5.97 Å². The Hall–Kier alpha value is -0.710. The van der Waals surface area contributed by atoms with Gasteiger partial charge < -0.3 is 10.4 Å². The lowest BCUT2D eigenvalue weighted by molar-refractivity contribution is -0.137. The molecule has 1 saturated carbocycles. The van der Waals surface area contributed by atoms with Gasteiger partial charge in [-0.2, -0.15) is 11.8 Å². The highest BCUT2D eigenvalue weighted by atomic mass is 32.2. The number of hydrogen-bond acceptors (Lipinski definition) is 3. The largest absolute Gasteiger partial charge is 0.481 e. The molecule has 2 N–H and O–H groups in total. The SMILES string of the molecule is CSC1CCCC(NC(=O)CCCC(=O)O)C1. The van der Waals surface area contributed by atoms with Crippen LogP contribution in [0.4, 0.5) is 0 Å². The third kappa shape index (κ3) is 5.96. The predicted molar refractivity (Wildman–Crippen MR) is 69.2 cm³/mol. The molecule has 2 unspecified atom stereocenters. The average molecular weight is 259 g/mol. The van der Waals surface area contributed by atoms with Gasteiger partial charge in [-0.1, -0.05) is 6.42 Å². The monoisotopic (exact) mass is 259 g/mol. The summed E-state index contributed by atoms with van der Waals surface area (Å²) in [4.78, 5) is 21.9. The van der Waals surface area contributed by atoms with Crippen LogP contribution >= 0.6 is 11.8 Å². The zero-order valence-electron chi connectivity index (χ0n) is 10.3. The van der Waals surface area contributed by atoms with Gasteiger partial charge in [0.05, 0.1) is 0 Å². The van der Waals surface area contributed by atoms with Gasteiger partial charge in [-0.3, -0.25) is 9.59 Å². The Labute approximate surface area is 107 Å². The minimum absolute atomic E-state index is 0.00185. The van der Waals surface area contributed by atoms with Gasteiger partial charge in [0, 0.05) is 24.1 Å². The molecule has 0 bridgehead atoms. The lowest BCUT2D eigenvalue weighted by atomic mass is 9.95. The van der Waals surface area contributed by atoms with Crippen molar-refractivity contribution < 1.29 is 14.7 Å². The maximum atomic E-state index is 11.6. The first kappa shape index (κ1) is 14.4. The van der Waals surface area contributed by atoms with E-state index in [-0.39, 0.29) is 12.3 Å². The van der Waals surface area contributed by atoms with Crippen molar-refractivity contribution in [3.8, 4) is 0 Å². The van der Waals surface area contributed by atoms with Crippen LogP contribution < -0.4 is 5.32 Å². The van der Waals surface area contributed by atoms with Crippen LogP contribution in [0.2, 0.25) is 0 Å². The highest BCUT2D eigenvalue weighted by molar-refractivity contribution is 7.99. The van der Waals surface area contributed by atoms with Crippen LogP contribution in [0.15, 0.2) is 0 Å². The highest BCUT2D eigenvalue weighted by Gasteiger charge is 2.22. The summed E-state index contributed by atoms with van der Waals surface area (Å²) < 4.78 is 0. The van der Waals surface area contributed by atoms with E-state index in [9.17, 15) is 9.59 Å². The van der Waals surface area contributed by atoms with Crippen LogP contribution in [-0.2, 0) is 9.59 Å². The molecular formula is C12H21NO3S. The lowest BCUT2D eigenvalue weighted by Gasteiger charge is -2.28. The molecule has 4 nitrogen and oxygen atoms in total. The van der Waals surface area contributed by atoms with E-state index in [1.165, 1.54) is 12.8 Å². The molecule has 0 saturated heterocycles. The van der Waals surface area contributed by atoms with Crippen LogP contribution in [-0.4, -0.2) is 34.5 Å². The number of carbonyl (C=O) groups excluding carboxylic acids is 1. The van der Waals surface area contributed by atoms with Crippen LogP contribution in [0.3, 0.4) is 0 Å². The molecule has 2 atom stereocenters. The van der Waals surface area contributed by atoms with Crippen molar-refractivity contribution in [2.24, 2.45) is 0 Å². The summed E-state index contributed by atoms with van der Waals surface area (Å²) in [6.45, 7) is 0. The zero-order chi connectivity index (χ0) is 12.7. The molecule has 1 fully saturated rings. The molecule has 1 aliphatic rings. The number of amides is 1. The first-order valence-corrected chi connectivity index (χ1v) is 7.44. The molecule has 0 aromatic heterocycles. The van der Waals surface area contributed by atoms with E-state index in [1.54, 1.807) is 0 Å². The molecule has 1 rings (SSSR count). The summed E-state index contributed by atoms with van der Waals surface area (Å²) >= 11 is 1.87. The smallest absolute Gasteiger partial charge is 0.303 e. The number of carboxylic acids is 1. The van der Waals surface area contributed by atoms with Crippen molar-refractivity contribution in [1.29, 1.82) is 0 Å². The fourth-order valence-corrected chi connectivity index (χ4v) is 3.02. The van der Waals surface area contributed by atoms with Gasteiger partial charge in [0.2, 0.25) is 5.91 Å². The zero-order valence-corrected chi connectivity index (χ0v) is 11.1. The van der Waals surface area contributed by atoms with E-state index in [1.807, 2.05) is 11.8 Å². The normalized spacial score (nSPS) is 24.3. The number of hydrogen-bond donors (Lipinski definition) is 2. The van der Waals surface area contributed by atoms with E-state index in [0.29, 0.717) is 24.1 Å². The number of carbonyl (C=O) groups is 2. The van der Waals surface area contributed by atoms with Crippen molar-refractivity contribution in [2.45, 2.75) is 56.2 Å². The molecule has 98 valence electrons. The van der Waals surface area contributed by atoms with Crippen molar-refractivity contribution in [3.05, 3.63) is 0 Å². The number of thioether (sulfide) groups is 1. The highest BCUT2D eigenvalue weighted by Crippen LogP contribution is 2.26. The minimum Gasteiger partial charge on any atom is -0.481 e. The summed E-state index contributed by atoms with van der Waals surface area (Å²) in [7, 11) is 0. The van der Waals surface area contributed by atoms with E-state index in [4.69, 9.17) is 5.11 Å². The maximum absolute atomic E-state index is 11.6. The quantitative estimate of drug-likeness (QED) is 0.766. The fourth-order valence-electron chi connectivity index (χ4n) is 2.19. The van der Waals surface area contributed by atoms with Gasteiger partial charge in [0.15, 0.2) is 0 Å². The summed E-state index contributed by atoms with van der Waals surface area (Å²) in [6.07, 6.45) is 7.46. The van der Waals surface area contributed by atoms with Crippen LogP contribution in [0, 0.1) is 0 Å². The van der Waals surface area contributed by atoms with Gasteiger partial charge in [-0.25, -0.2) is 0 Å². The van der Waals surface area contributed by atoms with Crippen LogP contribution in [0.5, 0.6) is 0 Å². The minimum atomic E-state index is -0.835.